The first-order valence-corrected chi connectivity index (χ1v) is 12.5. The van der Waals surface area contributed by atoms with Gasteiger partial charge in [-0.15, -0.1) is 0 Å². The van der Waals surface area contributed by atoms with E-state index in [4.69, 9.17) is 4.74 Å². The molecule has 1 aliphatic heterocycles. The monoisotopic (exact) mass is 501 g/mol. The number of aldehydes is 1. The zero-order valence-corrected chi connectivity index (χ0v) is 22.2. The second kappa shape index (κ2) is 11.3. The van der Waals surface area contributed by atoms with Crippen LogP contribution in [0, 0.1) is 0 Å². The van der Waals surface area contributed by atoms with E-state index >= 15 is 0 Å². The Labute approximate surface area is 212 Å². The van der Waals surface area contributed by atoms with Crippen LogP contribution in [0.1, 0.15) is 58.1 Å². The lowest BCUT2D eigenvalue weighted by atomic mass is 10.0. The van der Waals surface area contributed by atoms with Gasteiger partial charge in [0, 0.05) is 53.2 Å². The summed E-state index contributed by atoms with van der Waals surface area (Å²) in [6.45, 7) is 7.87. The van der Waals surface area contributed by atoms with E-state index < -0.39 is 11.6 Å². The molecule has 0 spiro atoms. The second-order valence-electron chi connectivity index (χ2n) is 10.5. The summed E-state index contributed by atoms with van der Waals surface area (Å²) in [5.41, 5.74) is 1.68. The molecule has 0 radical (unpaired) electrons. The summed E-state index contributed by atoms with van der Waals surface area (Å²) in [6, 6.07) is 5.15. The lowest BCUT2D eigenvalue weighted by Gasteiger charge is -2.37. The van der Waals surface area contributed by atoms with Crippen molar-refractivity contribution in [3.63, 3.8) is 0 Å². The van der Waals surface area contributed by atoms with E-state index in [2.05, 4.69) is 10.2 Å². The summed E-state index contributed by atoms with van der Waals surface area (Å²) in [5.74, 6) is -0.170. The molecule has 0 bridgehead atoms. The molecule has 1 saturated heterocycles. The zero-order chi connectivity index (χ0) is 26.6. The third-order valence-corrected chi connectivity index (χ3v) is 6.80. The van der Waals surface area contributed by atoms with Gasteiger partial charge in [0.05, 0.1) is 17.1 Å². The fraction of sp³-hybridized carbons (Fsp3) is 0.615. The molecule has 1 aromatic carbocycles. The van der Waals surface area contributed by atoms with Crippen LogP contribution in [-0.4, -0.2) is 76.0 Å². The molecule has 2 amide bonds. The largest absolute Gasteiger partial charge is 0.444 e. The Hall–Kier alpha value is -3.14. The van der Waals surface area contributed by atoms with Gasteiger partial charge in [0.25, 0.3) is 0 Å². The van der Waals surface area contributed by atoms with Gasteiger partial charge in [-0.3, -0.25) is 18.8 Å². The van der Waals surface area contributed by atoms with E-state index in [9.17, 15) is 19.2 Å². The van der Waals surface area contributed by atoms with Gasteiger partial charge in [-0.2, -0.15) is 0 Å². The number of nitrogens with zero attached hydrogens (tertiary/aromatic N) is 4. The van der Waals surface area contributed by atoms with Crippen LogP contribution in [-0.2, 0) is 27.9 Å². The van der Waals surface area contributed by atoms with Gasteiger partial charge in [-0.05, 0) is 51.7 Å². The molecular formula is C26H39N5O5. The van der Waals surface area contributed by atoms with Gasteiger partial charge in [0.1, 0.15) is 11.9 Å². The standard InChI is InChI=1S/C26H39N5O5/c1-26(2,3)36-25(35)28(5)19-12-14-30(15-13-19)16-18-8-7-9-21-23(18)29(6)24(34)31(21)20(17-32)10-11-22(33)27-4/h7-9,17,19-20H,10-16H2,1-6H3,(H,27,33). The summed E-state index contributed by atoms with van der Waals surface area (Å²) >= 11 is 0. The maximum absolute atomic E-state index is 13.1. The minimum atomic E-state index is -0.715. The second-order valence-corrected chi connectivity index (χ2v) is 10.5. The summed E-state index contributed by atoms with van der Waals surface area (Å²) in [7, 11) is 5.06. The van der Waals surface area contributed by atoms with Crippen LogP contribution in [0.5, 0.6) is 0 Å². The molecule has 10 nitrogen and oxygen atoms in total. The van der Waals surface area contributed by atoms with Crippen molar-refractivity contribution in [1.29, 1.82) is 0 Å². The topological polar surface area (TPSA) is 106 Å². The number of aromatic nitrogens is 2. The number of ether oxygens (including phenoxy) is 1. The number of carbonyl (C=O) groups excluding carboxylic acids is 3. The summed E-state index contributed by atoms with van der Waals surface area (Å²) in [4.78, 5) is 53.2. The van der Waals surface area contributed by atoms with Crippen molar-refractivity contribution in [3.05, 3.63) is 34.2 Å². The number of benzene rings is 1. The Bertz CT molecular complexity index is 1150. The molecule has 1 aromatic heterocycles. The Morgan fingerprint density at radius 1 is 1.25 bits per heavy atom. The lowest BCUT2D eigenvalue weighted by molar-refractivity contribution is -0.121. The number of carbonyl (C=O) groups is 3. The van der Waals surface area contributed by atoms with E-state index in [-0.39, 0.29) is 36.6 Å². The van der Waals surface area contributed by atoms with Gasteiger partial charge < -0.3 is 19.7 Å². The first kappa shape index (κ1) is 27.4. The first-order chi connectivity index (χ1) is 17.0. The summed E-state index contributed by atoms with van der Waals surface area (Å²) in [5, 5.41) is 2.55. The number of rotatable bonds is 8. The van der Waals surface area contributed by atoms with Crippen LogP contribution < -0.4 is 11.0 Å². The zero-order valence-electron chi connectivity index (χ0n) is 22.2. The Kier molecular flexibility index (Phi) is 8.60. The first-order valence-electron chi connectivity index (χ1n) is 12.5. The number of amides is 2. The van der Waals surface area contributed by atoms with Crippen LogP contribution in [0.2, 0.25) is 0 Å². The number of piperidine rings is 1. The lowest BCUT2D eigenvalue weighted by Crippen LogP contribution is -2.46. The SMILES string of the molecule is CNC(=O)CCC(C=O)n1c(=O)n(C)c2c(CN3CCC(N(C)C(=O)OC(C)(C)C)CC3)cccc21. The quantitative estimate of drug-likeness (QED) is 0.557. The Morgan fingerprint density at radius 3 is 2.50 bits per heavy atom. The molecule has 1 N–H and O–H groups in total. The maximum atomic E-state index is 13.1. The highest BCUT2D eigenvalue weighted by Gasteiger charge is 2.29. The minimum Gasteiger partial charge on any atom is -0.444 e. The van der Waals surface area contributed by atoms with Crippen molar-refractivity contribution in [2.24, 2.45) is 7.05 Å². The van der Waals surface area contributed by atoms with Gasteiger partial charge in [-0.1, -0.05) is 12.1 Å². The third-order valence-electron chi connectivity index (χ3n) is 6.80. The summed E-state index contributed by atoms with van der Waals surface area (Å²) < 4.78 is 8.59. The number of imidazole rings is 1. The number of nitrogens with one attached hydrogen (secondary N) is 1. The number of likely N-dealkylation sites (tertiary alicyclic amines) is 1. The minimum absolute atomic E-state index is 0.117. The van der Waals surface area contributed by atoms with Crippen molar-refractivity contribution in [2.45, 2.75) is 70.7 Å². The van der Waals surface area contributed by atoms with E-state index in [0.29, 0.717) is 12.1 Å². The predicted molar refractivity (Wildman–Crippen MR) is 138 cm³/mol. The molecule has 1 unspecified atom stereocenters. The van der Waals surface area contributed by atoms with Gasteiger partial charge >= 0.3 is 11.8 Å². The van der Waals surface area contributed by atoms with Gasteiger partial charge in [0.15, 0.2) is 0 Å². The Balaban J connectivity index is 1.75. The van der Waals surface area contributed by atoms with E-state index in [1.165, 1.54) is 4.57 Å². The molecule has 3 rings (SSSR count). The number of para-hydroxylation sites is 1. The fourth-order valence-corrected chi connectivity index (χ4v) is 4.82. The highest BCUT2D eigenvalue weighted by Crippen LogP contribution is 2.25. The molecule has 10 heteroatoms. The normalized spacial score (nSPS) is 16.1. The summed E-state index contributed by atoms with van der Waals surface area (Å²) in [6.07, 6.45) is 2.52. The van der Waals surface area contributed by atoms with E-state index in [1.54, 1.807) is 30.6 Å². The van der Waals surface area contributed by atoms with E-state index in [1.807, 2.05) is 39.0 Å². The van der Waals surface area contributed by atoms with E-state index in [0.717, 1.165) is 43.3 Å². The van der Waals surface area contributed by atoms with Crippen LogP contribution in [0.25, 0.3) is 11.0 Å². The predicted octanol–water partition coefficient (Wildman–Crippen LogP) is 2.44. The number of fused-ring (bicyclic) bond motifs is 1. The fourth-order valence-electron chi connectivity index (χ4n) is 4.82. The number of aryl methyl sites for hydroxylation is 1. The van der Waals surface area contributed by atoms with Crippen LogP contribution in [0.3, 0.4) is 0 Å². The van der Waals surface area contributed by atoms with Crippen molar-refractivity contribution >= 4 is 29.3 Å². The average Bonchev–Trinajstić information content (AvgIpc) is 3.09. The number of hydrogen-bond donors (Lipinski definition) is 1. The molecule has 1 fully saturated rings. The van der Waals surface area contributed by atoms with Crippen LogP contribution in [0.4, 0.5) is 4.79 Å². The van der Waals surface area contributed by atoms with Gasteiger partial charge in [-0.25, -0.2) is 9.59 Å². The molecular weight excluding hydrogens is 462 g/mol. The Morgan fingerprint density at radius 2 is 1.92 bits per heavy atom. The maximum Gasteiger partial charge on any atom is 0.410 e. The smallest absolute Gasteiger partial charge is 0.410 e. The van der Waals surface area contributed by atoms with Crippen LogP contribution >= 0.6 is 0 Å². The molecule has 1 aliphatic rings. The third kappa shape index (κ3) is 6.16. The highest BCUT2D eigenvalue weighted by molar-refractivity contribution is 5.81. The molecule has 36 heavy (non-hydrogen) atoms. The van der Waals surface area contributed by atoms with Gasteiger partial charge in [0.2, 0.25) is 5.91 Å². The molecule has 0 aliphatic carbocycles. The molecule has 1 atom stereocenters. The van der Waals surface area contributed by atoms with Crippen molar-refractivity contribution < 1.29 is 19.1 Å². The van der Waals surface area contributed by atoms with Crippen molar-refractivity contribution in [3.8, 4) is 0 Å². The van der Waals surface area contributed by atoms with Crippen molar-refractivity contribution in [2.75, 3.05) is 27.2 Å². The molecule has 0 saturated carbocycles. The molecule has 2 heterocycles. The molecule has 2 aromatic rings. The highest BCUT2D eigenvalue weighted by atomic mass is 16.6. The molecule has 198 valence electrons. The van der Waals surface area contributed by atoms with Crippen LogP contribution in [0.15, 0.2) is 23.0 Å². The van der Waals surface area contributed by atoms with Crippen molar-refractivity contribution in [1.82, 2.24) is 24.3 Å². The number of hydrogen-bond acceptors (Lipinski definition) is 6. The average molecular weight is 502 g/mol.